The highest BCUT2D eigenvalue weighted by Crippen LogP contribution is 2.39. The molecule has 0 bridgehead atoms. The third-order valence-electron chi connectivity index (χ3n) is 7.89. The molecule has 1 atom stereocenters. The second-order valence-electron chi connectivity index (χ2n) is 9.73. The fraction of sp³-hybridized carbons (Fsp3) is 0.600. The second kappa shape index (κ2) is 8.86. The molecule has 7 heteroatoms. The van der Waals surface area contributed by atoms with Gasteiger partial charge in [0, 0.05) is 47.9 Å². The Morgan fingerprint density at radius 3 is 2.72 bits per heavy atom. The predicted octanol–water partition coefficient (Wildman–Crippen LogP) is 4.81. The highest BCUT2D eigenvalue weighted by molar-refractivity contribution is 7.10. The molecule has 1 aliphatic carbocycles. The predicted molar refractivity (Wildman–Crippen MR) is 129 cm³/mol. The number of morpholine rings is 1. The Morgan fingerprint density at radius 2 is 1.94 bits per heavy atom. The summed E-state index contributed by atoms with van der Waals surface area (Å²) >= 11 is 1.80. The smallest absolute Gasteiger partial charge is 0.137 e. The van der Waals surface area contributed by atoms with Crippen LogP contribution in [0, 0.1) is 0 Å². The molecule has 6 rings (SSSR count). The zero-order valence-corrected chi connectivity index (χ0v) is 19.7. The van der Waals surface area contributed by atoms with E-state index in [0.717, 1.165) is 43.7 Å². The molecule has 3 aromatic rings. The number of H-pyrrole nitrogens is 1. The van der Waals surface area contributed by atoms with Gasteiger partial charge >= 0.3 is 0 Å². The Morgan fingerprint density at radius 1 is 1.09 bits per heavy atom. The Labute approximate surface area is 194 Å². The number of likely N-dealkylation sites (tertiary alicyclic amines) is 1. The number of nitrogens with zero attached hydrogens (tertiary/aromatic N) is 4. The van der Waals surface area contributed by atoms with Crippen molar-refractivity contribution >= 4 is 22.4 Å². The lowest BCUT2D eigenvalue weighted by Gasteiger charge is -2.38. The summed E-state index contributed by atoms with van der Waals surface area (Å²) in [4.78, 5) is 18.3. The Balaban J connectivity index is 1.20. The van der Waals surface area contributed by atoms with Gasteiger partial charge in [-0.3, -0.25) is 9.80 Å². The molecule has 1 N–H and O–H groups in total. The molecule has 3 fully saturated rings. The van der Waals surface area contributed by atoms with E-state index >= 15 is 0 Å². The SMILES string of the molecule is CN1CCCC1c1nc(-c2c[nH]c3ncc([C@H]4CC[C@H](N5CCOCC5)CC4)cc23)cs1. The number of rotatable bonds is 4. The van der Waals surface area contributed by atoms with E-state index in [1.807, 2.05) is 0 Å². The average Bonchev–Trinajstić information content (AvgIpc) is 3.58. The van der Waals surface area contributed by atoms with E-state index in [0.29, 0.717) is 12.0 Å². The van der Waals surface area contributed by atoms with Crippen molar-refractivity contribution in [1.29, 1.82) is 0 Å². The molecular formula is C25H33N5OS. The van der Waals surface area contributed by atoms with Gasteiger partial charge in [0.25, 0.3) is 0 Å². The van der Waals surface area contributed by atoms with Crippen LogP contribution in [0.3, 0.4) is 0 Å². The first-order chi connectivity index (χ1) is 15.8. The second-order valence-corrected chi connectivity index (χ2v) is 10.6. The van der Waals surface area contributed by atoms with Crippen molar-refractivity contribution in [1.82, 2.24) is 24.8 Å². The number of aromatic nitrogens is 3. The minimum atomic E-state index is 0.481. The topological polar surface area (TPSA) is 57.3 Å². The molecule has 32 heavy (non-hydrogen) atoms. The zero-order chi connectivity index (χ0) is 21.5. The maximum Gasteiger partial charge on any atom is 0.137 e. The summed E-state index contributed by atoms with van der Waals surface area (Å²) in [5.41, 5.74) is 4.65. The van der Waals surface area contributed by atoms with Crippen LogP contribution < -0.4 is 0 Å². The van der Waals surface area contributed by atoms with Crippen LogP contribution in [0.15, 0.2) is 23.8 Å². The summed E-state index contributed by atoms with van der Waals surface area (Å²) < 4.78 is 5.54. The Hall–Kier alpha value is -1.80. The number of aromatic amines is 1. The van der Waals surface area contributed by atoms with Gasteiger partial charge in [0.15, 0.2) is 0 Å². The first-order valence-corrected chi connectivity index (χ1v) is 13.1. The minimum Gasteiger partial charge on any atom is -0.379 e. The van der Waals surface area contributed by atoms with Gasteiger partial charge in [0.05, 0.1) is 24.9 Å². The molecule has 5 heterocycles. The van der Waals surface area contributed by atoms with E-state index in [9.17, 15) is 0 Å². The summed E-state index contributed by atoms with van der Waals surface area (Å²) in [5, 5.41) is 4.69. The van der Waals surface area contributed by atoms with E-state index in [2.05, 4.69) is 45.7 Å². The summed E-state index contributed by atoms with van der Waals surface area (Å²) in [7, 11) is 2.22. The lowest BCUT2D eigenvalue weighted by atomic mass is 9.81. The van der Waals surface area contributed by atoms with Crippen molar-refractivity contribution in [3.63, 3.8) is 0 Å². The third-order valence-corrected chi connectivity index (χ3v) is 8.83. The molecule has 2 saturated heterocycles. The van der Waals surface area contributed by atoms with Crippen molar-refractivity contribution in [2.45, 2.75) is 56.5 Å². The molecule has 0 radical (unpaired) electrons. The van der Waals surface area contributed by atoms with Crippen LogP contribution >= 0.6 is 11.3 Å². The lowest BCUT2D eigenvalue weighted by molar-refractivity contribution is 0.00729. The van der Waals surface area contributed by atoms with Crippen LogP contribution in [-0.4, -0.2) is 70.7 Å². The number of fused-ring (bicyclic) bond motifs is 1. The number of hydrogen-bond donors (Lipinski definition) is 1. The fourth-order valence-corrected chi connectivity index (χ4v) is 6.98. The standard InChI is InChI=1S/C25H33N5OS/c1-29-8-2-3-23(29)25-28-22(16-32-25)21-15-27-24-20(21)13-18(14-26-24)17-4-6-19(7-5-17)30-9-11-31-12-10-30/h13-17,19,23H,2-12H2,1H3,(H,26,27)/t17-,19-,23?. The third kappa shape index (κ3) is 3.89. The van der Waals surface area contributed by atoms with Crippen LogP contribution in [0.2, 0.25) is 0 Å². The normalized spacial score (nSPS) is 28.0. The molecule has 170 valence electrons. The molecule has 1 unspecified atom stereocenters. The fourth-order valence-electron chi connectivity index (χ4n) is 5.96. The van der Waals surface area contributed by atoms with Crippen LogP contribution in [0.25, 0.3) is 22.3 Å². The average molecular weight is 452 g/mol. The van der Waals surface area contributed by atoms with E-state index in [4.69, 9.17) is 14.7 Å². The largest absolute Gasteiger partial charge is 0.379 e. The molecular weight excluding hydrogens is 418 g/mol. The van der Waals surface area contributed by atoms with E-state index in [-0.39, 0.29) is 0 Å². The van der Waals surface area contributed by atoms with Crippen molar-refractivity contribution < 1.29 is 4.74 Å². The van der Waals surface area contributed by atoms with E-state index < -0.39 is 0 Å². The highest BCUT2D eigenvalue weighted by Gasteiger charge is 2.29. The van der Waals surface area contributed by atoms with Crippen LogP contribution in [-0.2, 0) is 4.74 Å². The van der Waals surface area contributed by atoms with E-state index in [1.165, 1.54) is 66.6 Å². The maximum atomic E-state index is 5.54. The Kier molecular flexibility index (Phi) is 5.75. The quantitative estimate of drug-likeness (QED) is 0.617. The van der Waals surface area contributed by atoms with Crippen LogP contribution in [0.1, 0.15) is 61.1 Å². The molecule has 0 spiro atoms. The van der Waals surface area contributed by atoms with Gasteiger partial charge in [0.1, 0.15) is 10.7 Å². The van der Waals surface area contributed by atoms with E-state index in [1.54, 1.807) is 11.3 Å². The van der Waals surface area contributed by atoms with Crippen molar-refractivity contribution in [3.05, 3.63) is 34.4 Å². The first-order valence-electron chi connectivity index (χ1n) is 12.2. The summed E-state index contributed by atoms with van der Waals surface area (Å²) in [5.74, 6) is 0.616. The highest BCUT2D eigenvalue weighted by atomic mass is 32.1. The van der Waals surface area contributed by atoms with Crippen LogP contribution in [0.4, 0.5) is 0 Å². The molecule has 1 saturated carbocycles. The molecule has 3 aromatic heterocycles. The zero-order valence-electron chi connectivity index (χ0n) is 18.9. The molecule has 0 aromatic carbocycles. The summed E-state index contributed by atoms with van der Waals surface area (Å²) in [6, 6.07) is 3.60. The van der Waals surface area contributed by atoms with Crippen molar-refractivity contribution in [3.8, 4) is 11.3 Å². The van der Waals surface area contributed by atoms with Gasteiger partial charge in [-0.25, -0.2) is 9.97 Å². The summed E-state index contributed by atoms with van der Waals surface area (Å²) in [6.45, 7) is 5.16. The van der Waals surface area contributed by atoms with Crippen molar-refractivity contribution in [2.24, 2.45) is 0 Å². The van der Waals surface area contributed by atoms with Gasteiger partial charge < -0.3 is 9.72 Å². The monoisotopic (exact) mass is 451 g/mol. The van der Waals surface area contributed by atoms with Gasteiger partial charge in [0.2, 0.25) is 0 Å². The van der Waals surface area contributed by atoms with Gasteiger partial charge in [-0.05, 0) is 69.7 Å². The lowest BCUT2D eigenvalue weighted by Crippen LogP contribution is -2.44. The van der Waals surface area contributed by atoms with Gasteiger partial charge in [-0.15, -0.1) is 11.3 Å². The molecule has 3 aliphatic rings. The molecule has 6 nitrogen and oxygen atoms in total. The van der Waals surface area contributed by atoms with Gasteiger partial charge in [-0.1, -0.05) is 0 Å². The number of ether oxygens (including phenoxy) is 1. The van der Waals surface area contributed by atoms with Crippen molar-refractivity contribution in [2.75, 3.05) is 39.9 Å². The Bertz CT molecular complexity index is 1060. The maximum absolute atomic E-state index is 5.54. The first kappa shape index (κ1) is 20.8. The minimum absolute atomic E-state index is 0.481. The number of hydrogen-bond acceptors (Lipinski definition) is 6. The van der Waals surface area contributed by atoms with Crippen LogP contribution in [0.5, 0.6) is 0 Å². The number of thiazole rings is 1. The molecule has 2 aliphatic heterocycles. The summed E-state index contributed by atoms with van der Waals surface area (Å²) in [6.07, 6.45) is 11.8. The number of nitrogens with one attached hydrogen (secondary N) is 1. The number of pyridine rings is 1. The molecule has 0 amide bonds. The van der Waals surface area contributed by atoms with Gasteiger partial charge in [-0.2, -0.15) is 0 Å².